The molecule has 2 unspecified atom stereocenters. The normalized spacial score (nSPS) is 27.0. The molecule has 1 aliphatic rings. The zero-order valence-corrected chi connectivity index (χ0v) is 12.8. The van der Waals surface area contributed by atoms with Gasteiger partial charge in [-0.25, -0.2) is 4.79 Å². The van der Waals surface area contributed by atoms with E-state index in [0.29, 0.717) is 16.3 Å². The molecule has 2 rings (SSSR count). The van der Waals surface area contributed by atoms with Crippen LogP contribution in [0.2, 0.25) is 0 Å². The van der Waals surface area contributed by atoms with Gasteiger partial charge >= 0.3 is 5.97 Å². The molecule has 0 aliphatic heterocycles. The number of hydrogen-bond donors (Lipinski definition) is 1. The van der Waals surface area contributed by atoms with Crippen molar-refractivity contribution in [2.45, 2.75) is 39.2 Å². The maximum Gasteiger partial charge on any atom is 0.336 e. The quantitative estimate of drug-likeness (QED) is 0.898. The van der Waals surface area contributed by atoms with Gasteiger partial charge in [-0.3, -0.25) is 0 Å². The van der Waals surface area contributed by atoms with E-state index in [4.69, 9.17) is 9.84 Å². The van der Waals surface area contributed by atoms with Gasteiger partial charge in [0.15, 0.2) is 0 Å². The molecule has 1 saturated carbocycles. The zero-order chi connectivity index (χ0) is 14.0. The maximum atomic E-state index is 10.9. The lowest BCUT2D eigenvalue weighted by molar-refractivity contribution is 0.0695. The standard InChI is InChI=1S/C15H19BrO3/c1-9-5-10(2)7-12(6-9)19-11-3-4-13(15(17)18)14(16)8-11/h3-4,8-10,12H,5-7H2,1-2H3,(H,17,18). The molecule has 0 heterocycles. The summed E-state index contributed by atoms with van der Waals surface area (Å²) < 4.78 is 6.55. The maximum absolute atomic E-state index is 10.9. The van der Waals surface area contributed by atoms with Crippen LogP contribution in [0.3, 0.4) is 0 Å². The highest BCUT2D eigenvalue weighted by molar-refractivity contribution is 9.10. The van der Waals surface area contributed by atoms with Gasteiger partial charge in [-0.2, -0.15) is 0 Å². The zero-order valence-electron chi connectivity index (χ0n) is 11.2. The smallest absolute Gasteiger partial charge is 0.336 e. The van der Waals surface area contributed by atoms with Crippen LogP contribution in [0, 0.1) is 11.8 Å². The van der Waals surface area contributed by atoms with Crippen molar-refractivity contribution >= 4 is 21.9 Å². The Hall–Kier alpha value is -1.03. The largest absolute Gasteiger partial charge is 0.490 e. The molecule has 0 saturated heterocycles. The van der Waals surface area contributed by atoms with Crippen LogP contribution in [0.5, 0.6) is 5.75 Å². The first kappa shape index (κ1) is 14.4. The average molecular weight is 327 g/mol. The van der Waals surface area contributed by atoms with Gasteiger partial charge in [0.25, 0.3) is 0 Å². The van der Waals surface area contributed by atoms with Crippen LogP contribution >= 0.6 is 15.9 Å². The van der Waals surface area contributed by atoms with Crippen molar-refractivity contribution in [1.29, 1.82) is 0 Å². The fourth-order valence-corrected chi connectivity index (χ4v) is 3.43. The van der Waals surface area contributed by atoms with Crippen molar-refractivity contribution in [3.63, 3.8) is 0 Å². The summed E-state index contributed by atoms with van der Waals surface area (Å²) in [6.07, 6.45) is 3.65. The molecule has 0 radical (unpaired) electrons. The third kappa shape index (κ3) is 3.72. The van der Waals surface area contributed by atoms with E-state index < -0.39 is 5.97 Å². The first-order valence-electron chi connectivity index (χ1n) is 6.65. The minimum absolute atomic E-state index is 0.237. The molecule has 1 aliphatic carbocycles. The van der Waals surface area contributed by atoms with E-state index in [9.17, 15) is 4.79 Å². The van der Waals surface area contributed by atoms with Crippen LogP contribution in [0.4, 0.5) is 0 Å². The van der Waals surface area contributed by atoms with E-state index in [-0.39, 0.29) is 11.7 Å². The Kier molecular flexibility index (Phi) is 4.50. The predicted molar refractivity (Wildman–Crippen MR) is 77.7 cm³/mol. The lowest BCUT2D eigenvalue weighted by atomic mass is 9.82. The number of carboxylic acid groups (broad SMARTS) is 1. The number of halogens is 1. The van der Waals surface area contributed by atoms with Crippen molar-refractivity contribution in [2.75, 3.05) is 0 Å². The van der Waals surface area contributed by atoms with Crippen LogP contribution < -0.4 is 4.74 Å². The second-order valence-corrected chi connectivity index (χ2v) is 6.46. The van der Waals surface area contributed by atoms with Gasteiger partial charge in [0.05, 0.1) is 11.7 Å². The highest BCUT2D eigenvalue weighted by atomic mass is 79.9. The Morgan fingerprint density at radius 1 is 1.26 bits per heavy atom. The molecule has 1 aromatic carbocycles. The molecule has 0 amide bonds. The van der Waals surface area contributed by atoms with Crippen LogP contribution in [-0.4, -0.2) is 17.2 Å². The fraction of sp³-hybridized carbons (Fsp3) is 0.533. The third-order valence-corrected chi connectivity index (χ3v) is 4.27. The lowest BCUT2D eigenvalue weighted by Crippen LogP contribution is -2.28. The highest BCUT2D eigenvalue weighted by Gasteiger charge is 2.25. The molecule has 2 atom stereocenters. The van der Waals surface area contributed by atoms with Crippen molar-refractivity contribution in [3.8, 4) is 5.75 Å². The van der Waals surface area contributed by atoms with Crippen LogP contribution in [0.15, 0.2) is 22.7 Å². The SMILES string of the molecule is CC1CC(C)CC(Oc2ccc(C(=O)O)c(Br)c2)C1. The summed E-state index contributed by atoms with van der Waals surface area (Å²) in [7, 11) is 0. The van der Waals surface area contributed by atoms with Crippen LogP contribution in [0.1, 0.15) is 43.5 Å². The number of carboxylic acids is 1. The van der Waals surface area contributed by atoms with Crippen LogP contribution in [-0.2, 0) is 0 Å². The first-order valence-corrected chi connectivity index (χ1v) is 7.44. The number of ether oxygens (including phenoxy) is 1. The van der Waals surface area contributed by atoms with Gasteiger partial charge in [-0.15, -0.1) is 0 Å². The Morgan fingerprint density at radius 3 is 2.42 bits per heavy atom. The first-order chi connectivity index (χ1) is 8.95. The molecule has 4 heteroatoms. The van der Waals surface area contributed by atoms with Gasteiger partial charge < -0.3 is 9.84 Å². The summed E-state index contributed by atoms with van der Waals surface area (Å²) in [6, 6.07) is 5.06. The van der Waals surface area contributed by atoms with E-state index in [1.807, 2.05) is 0 Å². The topological polar surface area (TPSA) is 46.5 Å². The van der Waals surface area contributed by atoms with E-state index in [2.05, 4.69) is 29.8 Å². The highest BCUT2D eigenvalue weighted by Crippen LogP contribution is 2.32. The number of aromatic carboxylic acids is 1. The average Bonchev–Trinajstić information content (AvgIpc) is 2.26. The van der Waals surface area contributed by atoms with Gasteiger partial charge in [0, 0.05) is 4.47 Å². The summed E-state index contributed by atoms with van der Waals surface area (Å²) in [5.74, 6) is 1.19. The Labute approximate surface area is 122 Å². The van der Waals surface area contributed by atoms with E-state index in [1.54, 1.807) is 18.2 Å². The Balaban J connectivity index is 2.07. The van der Waals surface area contributed by atoms with E-state index >= 15 is 0 Å². The summed E-state index contributed by atoms with van der Waals surface area (Å²) in [6.45, 7) is 4.52. The lowest BCUT2D eigenvalue weighted by Gasteiger charge is -2.31. The van der Waals surface area contributed by atoms with Crippen molar-refractivity contribution in [2.24, 2.45) is 11.8 Å². The fourth-order valence-electron chi connectivity index (χ4n) is 2.90. The molecule has 1 N–H and O–H groups in total. The summed E-state index contributed by atoms with van der Waals surface area (Å²) >= 11 is 3.28. The molecule has 3 nitrogen and oxygen atoms in total. The summed E-state index contributed by atoms with van der Waals surface area (Å²) in [5, 5.41) is 8.98. The van der Waals surface area contributed by atoms with Crippen molar-refractivity contribution in [3.05, 3.63) is 28.2 Å². The molecule has 1 fully saturated rings. The molecule has 0 spiro atoms. The van der Waals surface area contributed by atoms with Gasteiger partial charge in [0.2, 0.25) is 0 Å². The number of carbonyl (C=O) groups is 1. The minimum atomic E-state index is -0.932. The van der Waals surface area contributed by atoms with Gasteiger partial charge in [-0.05, 0) is 65.2 Å². The van der Waals surface area contributed by atoms with Gasteiger partial charge in [-0.1, -0.05) is 13.8 Å². The Morgan fingerprint density at radius 2 is 1.89 bits per heavy atom. The molecule has 19 heavy (non-hydrogen) atoms. The number of hydrogen-bond acceptors (Lipinski definition) is 2. The van der Waals surface area contributed by atoms with E-state index in [1.165, 1.54) is 6.42 Å². The predicted octanol–water partition coefficient (Wildman–Crippen LogP) is 4.35. The van der Waals surface area contributed by atoms with Crippen molar-refractivity contribution < 1.29 is 14.6 Å². The molecular formula is C15H19BrO3. The van der Waals surface area contributed by atoms with Crippen LogP contribution in [0.25, 0.3) is 0 Å². The number of benzene rings is 1. The second kappa shape index (κ2) is 5.95. The molecule has 104 valence electrons. The number of rotatable bonds is 3. The molecule has 0 bridgehead atoms. The summed E-state index contributed by atoms with van der Waals surface area (Å²) in [4.78, 5) is 10.9. The second-order valence-electron chi connectivity index (χ2n) is 5.60. The van der Waals surface area contributed by atoms with E-state index in [0.717, 1.165) is 18.6 Å². The van der Waals surface area contributed by atoms with Gasteiger partial charge in [0.1, 0.15) is 5.75 Å². The minimum Gasteiger partial charge on any atom is -0.490 e. The third-order valence-electron chi connectivity index (χ3n) is 3.61. The molecular weight excluding hydrogens is 308 g/mol. The van der Waals surface area contributed by atoms with Crippen molar-refractivity contribution in [1.82, 2.24) is 0 Å². The Bertz CT molecular complexity index is 462. The summed E-state index contributed by atoms with van der Waals surface area (Å²) in [5.41, 5.74) is 0.262. The molecule has 1 aromatic rings. The molecule has 0 aromatic heterocycles. The monoisotopic (exact) mass is 326 g/mol.